The normalized spacial score (nSPS) is 10.3. The van der Waals surface area contributed by atoms with Crippen LogP contribution in [0.3, 0.4) is 0 Å². The van der Waals surface area contributed by atoms with Crippen molar-refractivity contribution < 1.29 is 9.53 Å². The number of hydrogen-bond donors (Lipinski definition) is 0. The van der Waals surface area contributed by atoms with Gasteiger partial charge in [-0.15, -0.1) is 11.8 Å². The van der Waals surface area contributed by atoms with E-state index in [0.717, 1.165) is 25.0 Å². The summed E-state index contributed by atoms with van der Waals surface area (Å²) >= 11 is 1.87. The fourth-order valence-corrected chi connectivity index (χ4v) is 2.59. The Kier molecular flexibility index (Phi) is 7.41. The number of unbranched alkanes of at least 4 members (excludes halogenated alkanes) is 2. The minimum Gasteiger partial charge on any atom is -0.469 e. The quantitative estimate of drug-likeness (QED) is 0.414. The van der Waals surface area contributed by atoms with E-state index >= 15 is 0 Å². The molecular formula is C15H23NO2S. The van der Waals surface area contributed by atoms with E-state index in [-0.39, 0.29) is 5.97 Å². The van der Waals surface area contributed by atoms with E-state index in [4.69, 9.17) is 0 Å². The van der Waals surface area contributed by atoms with Gasteiger partial charge >= 0.3 is 5.97 Å². The monoisotopic (exact) mass is 281 g/mol. The largest absolute Gasteiger partial charge is 0.469 e. The summed E-state index contributed by atoms with van der Waals surface area (Å²) in [7, 11) is 5.53. The molecule has 0 N–H and O–H groups in total. The van der Waals surface area contributed by atoms with Crippen molar-refractivity contribution in [2.24, 2.45) is 0 Å². The Labute approximate surface area is 120 Å². The van der Waals surface area contributed by atoms with Crippen molar-refractivity contribution in [2.45, 2.75) is 30.6 Å². The Bertz CT molecular complexity index is 376. The van der Waals surface area contributed by atoms with Crippen LogP contribution in [0.15, 0.2) is 29.2 Å². The molecule has 0 fully saturated rings. The first kappa shape index (κ1) is 15.9. The molecule has 0 unspecified atom stereocenters. The van der Waals surface area contributed by atoms with Gasteiger partial charge < -0.3 is 9.64 Å². The van der Waals surface area contributed by atoms with Gasteiger partial charge in [0.05, 0.1) is 7.11 Å². The van der Waals surface area contributed by atoms with Gasteiger partial charge in [-0.25, -0.2) is 0 Å². The first-order valence-corrected chi connectivity index (χ1v) is 7.59. The van der Waals surface area contributed by atoms with Crippen LogP contribution in [0.1, 0.15) is 25.7 Å². The molecule has 1 aromatic rings. The number of rotatable bonds is 8. The summed E-state index contributed by atoms with van der Waals surface area (Å²) in [6.07, 6.45) is 3.68. The number of thioether (sulfide) groups is 1. The number of esters is 1. The summed E-state index contributed by atoms with van der Waals surface area (Å²) in [5.41, 5.74) is 1.22. The lowest BCUT2D eigenvalue weighted by Gasteiger charge is -2.12. The summed E-state index contributed by atoms with van der Waals surface area (Å²) < 4.78 is 4.61. The zero-order valence-corrected chi connectivity index (χ0v) is 12.8. The summed E-state index contributed by atoms with van der Waals surface area (Å²) in [6, 6.07) is 8.60. The van der Waals surface area contributed by atoms with Crippen LogP contribution >= 0.6 is 11.8 Å². The molecule has 0 aliphatic rings. The fraction of sp³-hybridized carbons (Fsp3) is 0.533. The van der Waals surface area contributed by atoms with E-state index in [2.05, 4.69) is 33.9 Å². The molecule has 0 bridgehead atoms. The van der Waals surface area contributed by atoms with Gasteiger partial charge in [-0.05, 0) is 42.9 Å². The van der Waals surface area contributed by atoms with Gasteiger partial charge in [0.1, 0.15) is 0 Å². The van der Waals surface area contributed by atoms with Crippen molar-refractivity contribution in [3.63, 3.8) is 0 Å². The molecule has 0 atom stereocenters. The topological polar surface area (TPSA) is 29.5 Å². The smallest absolute Gasteiger partial charge is 0.305 e. The molecule has 0 amide bonds. The molecule has 106 valence electrons. The average Bonchev–Trinajstić information content (AvgIpc) is 2.42. The Hall–Kier alpha value is -1.16. The summed E-state index contributed by atoms with van der Waals surface area (Å²) in [4.78, 5) is 14.3. The number of carbonyl (C=O) groups is 1. The van der Waals surface area contributed by atoms with Crippen LogP contribution in [-0.2, 0) is 9.53 Å². The van der Waals surface area contributed by atoms with Crippen LogP contribution in [0.4, 0.5) is 5.69 Å². The maximum atomic E-state index is 10.9. The Morgan fingerprint density at radius 3 is 2.42 bits per heavy atom. The molecule has 0 spiro atoms. The van der Waals surface area contributed by atoms with Gasteiger partial charge in [-0.1, -0.05) is 6.42 Å². The minimum absolute atomic E-state index is 0.105. The zero-order valence-electron chi connectivity index (χ0n) is 12.0. The third kappa shape index (κ3) is 6.53. The van der Waals surface area contributed by atoms with Crippen molar-refractivity contribution in [1.29, 1.82) is 0 Å². The predicted octanol–water partition coefficient (Wildman–Crippen LogP) is 3.58. The van der Waals surface area contributed by atoms with Crippen molar-refractivity contribution in [3.8, 4) is 0 Å². The van der Waals surface area contributed by atoms with E-state index in [1.165, 1.54) is 17.7 Å². The van der Waals surface area contributed by atoms with E-state index in [0.29, 0.717) is 6.42 Å². The van der Waals surface area contributed by atoms with E-state index in [1.54, 1.807) is 0 Å². The van der Waals surface area contributed by atoms with Crippen molar-refractivity contribution in [1.82, 2.24) is 0 Å². The maximum Gasteiger partial charge on any atom is 0.305 e. The number of methoxy groups -OCH3 is 1. The highest BCUT2D eigenvalue weighted by atomic mass is 32.2. The van der Waals surface area contributed by atoms with Gasteiger partial charge in [-0.2, -0.15) is 0 Å². The van der Waals surface area contributed by atoms with Crippen LogP contribution in [-0.4, -0.2) is 32.9 Å². The number of hydrogen-bond acceptors (Lipinski definition) is 4. The molecule has 0 heterocycles. The SMILES string of the molecule is COC(=O)CCCCCSc1ccc(N(C)C)cc1. The molecule has 1 rings (SSSR count). The highest BCUT2D eigenvalue weighted by molar-refractivity contribution is 7.99. The van der Waals surface area contributed by atoms with Crippen LogP contribution in [0.5, 0.6) is 0 Å². The van der Waals surface area contributed by atoms with Gasteiger partial charge in [0.2, 0.25) is 0 Å². The predicted molar refractivity (Wildman–Crippen MR) is 82.0 cm³/mol. The van der Waals surface area contributed by atoms with Crippen molar-refractivity contribution in [2.75, 3.05) is 31.9 Å². The molecule has 4 heteroatoms. The third-order valence-corrected chi connectivity index (χ3v) is 3.97. The first-order valence-electron chi connectivity index (χ1n) is 6.60. The van der Waals surface area contributed by atoms with Crippen molar-refractivity contribution in [3.05, 3.63) is 24.3 Å². The van der Waals surface area contributed by atoms with Crippen LogP contribution in [0, 0.1) is 0 Å². The van der Waals surface area contributed by atoms with Gasteiger partial charge in [0.15, 0.2) is 0 Å². The average molecular weight is 281 g/mol. The molecule has 0 saturated carbocycles. The van der Waals surface area contributed by atoms with Gasteiger partial charge in [-0.3, -0.25) is 4.79 Å². The Morgan fingerprint density at radius 1 is 1.16 bits per heavy atom. The Balaban J connectivity index is 2.14. The lowest BCUT2D eigenvalue weighted by atomic mass is 10.2. The maximum absolute atomic E-state index is 10.9. The Morgan fingerprint density at radius 2 is 1.84 bits per heavy atom. The molecule has 3 nitrogen and oxygen atoms in total. The molecule has 0 aromatic heterocycles. The number of benzene rings is 1. The van der Waals surface area contributed by atoms with E-state index in [9.17, 15) is 4.79 Å². The summed E-state index contributed by atoms with van der Waals surface area (Å²) in [5, 5.41) is 0. The molecule has 0 radical (unpaired) electrons. The summed E-state index contributed by atoms with van der Waals surface area (Å²) in [5.74, 6) is 0.995. The molecule has 0 aliphatic heterocycles. The van der Waals surface area contributed by atoms with Gasteiger partial charge in [0, 0.05) is 31.1 Å². The first-order chi connectivity index (χ1) is 9.13. The third-order valence-electron chi connectivity index (χ3n) is 2.87. The van der Waals surface area contributed by atoms with E-state index in [1.807, 2.05) is 25.9 Å². The highest BCUT2D eigenvalue weighted by Gasteiger charge is 2.00. The zero-order chi connectivity index (χ0) is 14.1. The number of carbonyl (C=O) groups excluding carboxylic acids is 1. The number of nitrogens with zero attached hydrogens (tertiary/aromatic N) is 1. The van der Waals surface area contributed by atoms with Crippen LogP contribution in [0.2, 0.25) is 0 Å². The molecule has 0 saturated heterocycles. The standard InChI is InChI=1S/C15H23NO2S/c1-16(2)13-8-10-14(11-9-13)19-12-6-4-5-7-15(17)18-3/h8-11H,4-7,12H2,1-3H3. The summed E-state index contributed by atoms with van der Waals surface area (Å²) in [6.45, 7) is 0. The molecular weight excluding hydrogens is 258 g/mol. The van der Waals surface area contributed by atoms with Gasteiger partial charge in [0.25, 0.3) is 0 Å². The second-order valence-corrected chi connectivity index (χ2v) is 5.79. The lowest BCUT2D eigenvalue weighted by Crippen LogP contribution is -2.07. The van der Waals surface area contributed by atoms with E-state index < -0.39 is 0 Å². The second kappa shape index (κ2) is 8.86. The fourth-order valence-electron chi connectivity index (χ4n) is 1.68. The molecule has 19 heavy (non-hydrogen) atoms. The minimum atomic E-state index is -0.105. The van der Waals surface area contributed by atoms with Crippen LogP contribution < -0.4 is 4.90 Å². The second-order valence-electron chi connectivity index (χ2n) is 4.62. The number of ether oxygens (including phenoxy) is 1. The molecule has 1 aromatic carbocycles. The molecule has 0 aliphatic carbocycles. The van der Waals surface area contributed by atoms with Crippen LogP contribution in [0.25, 0.3) is 0 Å². The lowest BCUT2D eigenvalue weighted by molar-refractivity contribution is -0.140. The number of anilines is 1. The highest BCUT2D eigenvalue weighted by Crippen LogP contribution is 2.22. The van der Waals surface area contributed by atoms with Crippen molar-refractivity contribution >= 4 is 23.4 Å².